The molecule has 1 unspecified atom stereocenters. The van der Waals surface area contributed by atoms with E-state index in [9.17, 15) is 4.79 Å². The van der Waals surface area contributed by atoms with Gasteiger partial charge in [0.05, 0.1) is 17.8 Å². The topological polar surface area (TPSA) is 59.8 Å². The number of pyridine rings is 1. The molecule has 5 heteroatoms. The lowest BCUT2D eigenvalue weighted by Gasteiger charge is -2.14. The van der Waals surface area contributed by atoms with E-state index in [2.05, 4.69) is 27.5 Å². The van der Waals surface area contributed by atoms with E-state index in [1.54, 1.807) is 29.5 Å². The van der Waals surface area contributed by atoms with Crippen LogP contribution in [0.1, 0.15) is 35.8 Å². The van der Waals surface area contributed by atoms with Crippen molar-refractivity contribution < 1.29 is 4.79 Å². The molecule has 1 N–H and O–H groups in total. The first-order chi connectivity index (χ1) is 11.7. The molecule has 0 aliphatic heterocycles. The third-order valence-corrected chi connectivity index (χ3v) is 3.99. The van der Waals surface area contributed by atoms with Gasteiger partial charge in [-0.2, -0.15) is 5.10 Å². The van der Waals surface area contributed by atoms with Crippen LogP contribution in [0.4, 0.5) is 0 Å². The summed E-state index contributed by atoms with van der Waals surface area (Å²) in [6, 6.07) is 12.1. The normalized spacial score (nSPS) is 11.9. The lowest BCUT2D eigenvalue weighted by molar-refractivity contribution is 0.0940. The fourth-order valence-corrected chi connectivity index (χ4v) is 2.53. The van der Waals surface area contributed by atoms with Gasteiger partial charge in [-0.25, -0.2) is 0 Å². The zero-order valence-corrected chi connectivity index (χ0v) is 13.8. The minimum absolute atomic E-state index is 0.0750. The van der Waals surface area contributed by atoms with Gasteiger partial charge in [-0.3, -0.25) is 14.5 Å². The molecule has 0 aliphatic rings. The summed E-state index contributed by atoms with van der Waals surface area (Å²) in [5.74, 6) is -0.111. The smallest absolute Gasteiger partial charge is 0.254 e. The van der Waals surface area contributed by atoms with Gasteiger partial charge in [-0.1, -0.05) is 24.3 Å². The van der Waals surface area contributed by atoms with Gasteiger partial charge in [0.1, 0.15) is 0 Å². The van der Waals surface area contributed by atoms with Crippen LogP contribution in [0, 0.1) is 0 Å². The molecule has 3 aromatic rings. The summed E-state index contributed by atoms with van der Waals surface area (Å²) in [6.07, 6.45) is 6.91. The number of carbonyl (C=O) groups excluding carboxylic acids is 1. The van der Waals surface area contributed by atoms with E-state index < -0.39 is 0 Å². The fourth-order valence-electron chi connectivity index (χ4n) is 2.53. The molecule has 2 aromatic heterocycles. The highest BCUT2D eigenvalue weighted by Gasteiger charge is 2.13. The highest BCUT2D eigenvalue weighted by atomic mass is 16.1. The molecule has 0 aliphatic carbocycles. The number of amides is 1. The second kappa shape index (κ2) is 7.08. The Hall–Kier alpha value is -2.95. The molecule has 0 radical (unpaired) electrons. The Balaban J connectivity index is 1.68. The maximum absolute atomic E-state index is 12.3. The van der Waals surface area contributed by atoms with E-state index in [0.29, 0.717) is 5.56 Å². The summed E-state index contributed by atoms with van der Waals surface area (Å²) in [5.41, 5.74) is 3.89. The predicted molar refractivity (Wildman–Crippen MR) is 93.5 cm³/mol. The molecule has 5 nitrogen and oxygen atoms in total. The Kier molecular flexibility index (Phi) is 4.70. The third-order valence-electron chi connectivity index (χ3n) is 3.99. The number of aryl methyl sites for hydroxylation is 1. The van der Waals surface area contributed by atoms with Gasteiger partial charge in [0.2, 0.25) is 0 Å². The van der Waals surface area contributed by atoms with Gasteiger partial charge < -0.3 is 5.32 Å². The highest BCUT2D eigenvalue weighted by Crippen LogP contribution is 2.21. The fraction of sp³-hybridized carbons (Fsp3) is 0.211. The van der Waals surface area contributed by atoms with Crippen LogP contribution < -0.4 is 5.32 Å². The number of nitrogens with zero attached hydrogens (tertiary/aromatic N) is 3. The van der Waals surface area contributed by atoms with Gasteiger partial charge in [0.15, 0.2) is 0 Å². The summed E-state index contributed by atoms with van der Waals surface area (Å²) in [4.78, 5) is 16.3. The number of benzene rings is 1. The molecule has 0 saturated heterocycles. The van der Waals surface area contributed by atoms with E-state index in [1.165, 1.54) is 0 Å². The van der Waals surface area contributed by atoms with Crippen molar-refractivity contribution in [3.8, 4) is 11.1 Å². The molecular formula is C19H20N4O. The van der Waals surface area contributed by atoms with Crippen molar-refractivity contribution in [1.82, 2.24) is 20.1 Å². The van der Waals surface area contributed by atoms with Crippen LogP contribution >= 0.6 is 0 Å². The molecule has 24 heavy (non-hydrogen) atoms. The standard InChI is InChI=1S/C19H20N4O/c1-3-23-13-18(12-21-23)19(24)22-14(2)15-4-6-16(7-5-15)17-8-10-20-11-9-17/h4-14H,3H2,1-2H3,(H,22,24). The van der Waals surface area contributed by atoms with Crippen molar-refractivity contribution in [3.05, 3.63) is 72.3 Å². The van der Waals surface area contributed by atoms with E-state index >= 15 is 0 Å². The molecule has 1 atom stereocenters. The van der Waals surface area contributed by atoms with Crippen LogP contribution in [0.15, 0.2) is 61.2 Å². The van der Waals surface area contributed by atoms with Crippen LogP contribution in [0.2, 0.25) is 0 Å². The summed E-state index contributed by atoms with van der Waals surface area (Å²) in [6.45, 7) is 4.71. The second-order valence-electron chi connectivity index (χ2n) is 5.64. The van der Waals surface area contributed by atoms with Crippen molar-refractivity contribution in [3.63, 3.8) is 0 Å². The molecule has 0 bridgehead atoms. The van der Waals surface area contributed by atoms with E-state index in [0.717, 1.165) is 23.2 Å². The van der Waals surface area contributed by atoms with Crippen molar-refractivity contribution in [1.29, 1.82) is 0 Å². The van der Waals surface area contributed by atoms with Crippen molar-refractivity contribution in [2.45, 2.75) is 26.4 Å². The van der Waals surface area contributed by atoms with E-state index in [1.807, 2.05) is 38.1 Å². The van der Waals surface area contributed by atoms with Crippen molar-refractivity contribution in [2.24, 2.45) is 0 Å². The van der Waals surface area contributed by atoms with Gasteiger partial charge in [-0.15, -0.1) is 0 Å². The maximum atomic E-state index is 12.3. The number of nitrogens with one attached hydrogen (secondary N) is 1. The SMILES string of the molecule is CCn1cc(C(=O)NC(C)c2ccc(-c3ccncc3)cc2)cn1. The molecule has 1 amide bonds. The Morgan fingerprint density at radius 1 is 1.12 bits per heavy atom. The largest absolute Gasteiger partial charge is 0.345 e. The number of aromatic nitrogens is 3. The lowest BCUT2D eigenvalue weighted by atomic mass is 10.0. The van der Waals surface area contributed by atoms with E-state index in [4.69, 9.17) is 0 Å². The number of rotatable bonds is 5. The molecule has 1 aromatic carbocycles. The quantitative estimate of drug-likeness (QED) is 0.783. The Morgan fingerprint density at radius 3 is 2.42 bits per heavy atom. The first-order valence-electron chi connectivity index (χ1n) is 8.01. The molecular weight excluding hydrogens is 300 g/mol. The minimum atomic E-state index is -0.111. The summed E-state index contributed by atoms with van der Waals surface area (Å²) in [7, 11) is 0. The molecule has 122 valence electrons. The maximum Gasteiger partial charge on any atom is 0.254 e. The molecule has 0 spiro atoms. The average Bonchev–Trinajstić information content (AvgIpc) is 3.12. The van der Waals surface area contributed by atoms with Crippen LogP contribution in [0.5, 0.6) is 0 Å². The number of hydrogen-bond acceptors (Lipinski definition) is 3. The molecule has 3 rings (SSSR count). The minimum Gasteiger partial charge on any atom is -0.345 e. The summed E-state index contributed by atoms with van der Waals surface area (Å²) >= 11 is 0. The van der Waals surface area contributed by atoms with Gasteiger partial charge >= 0.3 is 0 Å². The zero-order valence-electron chi connectivity index (χ0n) is 13.8. The number of carbonyl (C=O) groups is 1. The van der Waals surface area contributed by atoms with Crippen molar-refractivity contribution in [2.75, 3.05) is 0 Å². The van der Waals surface area contributed by atoms with Gasteiger partial charge in [0.25, 0.3) is 5.91 Å². The first kappa shape index (κ1) is 15.9. The monoisotopic (exact) mass is 320 g/mol. The third kappa shape index (κ3) is 3.51. The van der Waals surface area contributed by atoms with Crippen LogP contribution in [0.25, 0.3) is 11.1 Å². The Labute approximate surface area is 141 Å². The van der Waals surface area contributed by atoms with Gasteiger partial charge in [0, 0.05) is 25.1 Å². The molecule has 0 fully saturated rings. The summed E-state index contributed by atoms with van der Waals surface area (Å²) in [5, 5.41) is 7.14. The number of hydrogen-bond donors (Lipinski definition) is 1. The summed E-state index contributed by atoms with van der Waals surface area (Å²) < 4.78 is 1.74. The van der Waals surface area contributed by atoms with Crippen LogP contribution in [-0.2, 0) is 6.54 Å². The average molecular weight is 320 g/mol. The first-order valence-corrected chi connectivity index (χ1v) is 8.01. The zero-order chi connectivity index (χ0) is 16.9. The van der Waals surface area contributed by atoms with Crippen LogP contribution in [0.3, 0.4) is 0 Å². The highest BCUT2D eigenvalue weighted by molar-refractivity contribution is 5.93. The van der Waals surface area contributed by atoms with Gasteiger partial charge in [-0.05, 0) is 42.7 Å². The predicted octanol–water partition coefficient (Wildman–Crippen LogP) is 3.46. The second-order valence-corrected chi connectivity index (χ2v) is 5.64. The Bertz CT molecular complexity index is 809. The molecule has 2 heterocycles. The lowest BCUT2D eigenvalue weighted by Crippen LogP contribution is -2.26. The van der Waals surface area contributed by atoms with E-state index in [-0.39, 0.29) is 11.9 Å². The van der Waals surface area contributed by atoms with Crippen LogP contribution in [-0.4, -0.2) is 20.7 Å². The Morgan fingerprint density at radius 2 is 1.79 bits per heavy atom. The van der Waals surface area contributed by atoms with Crippen molar-refractivity contribution >= 4 is 5.91 Å². The molecule has 0 saturated carbocycles.